The Hall–Kier alpha value is -2.52. The first-order valence-corrected chi connectivity index (χ1v) is 10.6. The normalized spacial score (nSPS) is 13.3. The lowest BCUT2D eigenvalue weighted by Crippen LogP contribution is -2.25. The van der Waals surface area contributed by atoms with E-state index in [2.05, 4.69) is 50.1 Å². The van der Waals surface area contributed by atoms with Crippen LogP contribution < -0.4 is 10.1 Å². The van der Waals surface area contributed by atoms with Crippen molar-refractivity contribution >= 4 is 32.8 Å². The molecule has 2 N–H and O–H groups in total. The predicted molar refractivity (Wildman–Crippen MR) is 115 cm³/mol. The van der Waals surface area contributed by atoms with Crippen molar-refractivity contribution in [2.75, 3.05) is 13.2 Å². The van der Waals surface area contributed by atoms with Crippen LogP contribution in [0.1, 0.15) is 17.7 Å². The van der Waals surface area contributed by atoms with Crippen molar-refractivity contribution in [1.29, 1.82) is 0 Å². The van der Waals surface area contributed by atoms with Gasteiger partial charge < -0.3 is 19.7 Å². The predicted octanol–water partition coefficient (Wildman–Crippen LogP) is 5.15. The number of aliphatic carboxylic acids is 1. The molecule has 0 fully saturated rings. The third kappa shape index (κ3) is 5.80. The van der Waals surface area contributed by atoms with Gasteiger partial charge in [-0.15, -0.1) is 0 Å². The quantitative estimate of drug-likeness (QED) is 0.477. The minimum Gasteiger partial charge on any atom is -0.492 e. The second kappa shape index (κ2) is 10.2. The molecule has 2 aromatic carbocycles. The number of hydrogen-bond acceptors (Lipinski definition) is 3. The van der Waals surface area contributed by atoms with E-state index in [1.54, 1.807) is 0 Å². The summed E-state index contributed by atoms with van der Waals surface area (Å²) < 4.78 is 41.1. The number of rotatable bonds is 5. The van der Waals surface area contributed by atoms with E-state index in [9.17, 15) is 13.2 Å². The molecule has 4 rings (SSSR count). The maximum atomic E-state index is 10.6. The number of aryl methyl sites for hydroxylation is 1. The Balaban J connectivity index is 0.000000339. The molecule has 2 heterocycles. The van der Waals surface area contributed by atoms with Gasteiger partial charge in [-0.25, -0.2) is 4.79 Å². The topological polar surface area (TPSA) is 63.5 Å². The van der Waals surface area contributed by atoms with Crippen LogP contribution in [0.2, 0.25) is 0 Å². The first-order valence-electron chi connectivity index (χ1n) is 9.76. The lowest BCUT2D eigenvalue weighted by atomic mass is 10.1. The Bertz CT molecular complexity index is 1050. The zero-order chi connectivity index (χ0) is 22.4. The monoisotopic (exact) mass is 498 g/mol. The fourth-order valence-electron chi connectivity index (χ4n) is 3.55. The number of halogens is 4. The number of nitrogens with zero attached hydrogens (tertiary/aromatic N) is 1. The lowest BCUT2D eigenvalue weighted by molar-refractivity contribution is -0.192. The van der Waals surface area contributed by atoms with Crippen LogP contribution in [0.15, 0.2) is 53.0 Å². The second-order valence-electron chi connectivity index (χ2n) is 6.96. The highest BCUT2D eigenvalue weighted by Gasteiger charge is 2.38. The van der Waals surface area contributed by atoms with Crippen molar-refractivity contribution in [3.8, 4) is 5.75 Å². The van der Waals surface area contributed by atoms with Gasteiger partial charge in [0.25, 0.3) is 0 Å². The molecule has 0 aliphatic carbocycles. The van der Waals surface area contributed by atoms with Gasteiger partial charge in [-0.05, 0) is 59.1 Å². The molecule has 5 nitrogen and oxygen atoms in total. The van der Waals surface area contributed by atoms with Gasteiger partial charge in [0.2, 0.25) is 0 Å². The summed E-state index contributed by atoms with van der Waals surface area (Å²) in [4.78, 5) is 8.90. The summed E-state index contributed by atoms with van der Waals surface area (Å²) in [6.07, 6.45) is -2.97. The highest BCUT2D eigenvalue weighted by atomic mass is 79.9. The Morgan fingerprint density at radius 3 is 2.55 bits per heavy atom. The van der Waals surface area contributed by atoms with E-state index in [1.807, 2.05) is 24.3 Å². The summed E-state index contributed by atoms with van der Waals surface area (Å²) in [7, 11) is 0. The van der Waals surface area contributed by atoms with Crippen molar-refractivity contribution in [2.45, 2.75) is 32.1 Å². The summed E-state index contributed by atoms with van der Waals surface area (Å²) in [6.45, 7) is 3.75. The molecule has 9 heteroatoms. The van der Waals surface area contributed by atoms with Crippen LogP contribution in [0.5, 0.6) is 5.75 Å². The van der Waals surface area contributed by atoms with Crippen molar-refractivity contribution in [3.05, 3.63) is 64.3 Å². The molecule has 0 amide bonds. The number of carboxylic acids is 1. The minimum absolute atomic E-state index is 0.720. The number of nitrogens with one attached hydrogen (secondary N) is 1. The van der Waals surface area contributed by atoms with E-state index in [0.29, 0.717) is 0 Å². The molecule has 0 spiro atoms. The molecule has 0 bridgehead atoms. The van der Waals surface area contributed by atoms with Crippen LogP contribution in [0, 0.1) is 0 Å². The summed E-state index contributed by atoms with van der Waals surface area (Å²) in [5.41, 5.74) is 4.33. The number of aromatic nitrogens is 1. The van der Waals surface area contributed by atoms with Crippen LogP contribution in [0.4, 0.5) is 13.2 Å². The van der Waals surface area contributed by atoms with Gasteiger partial charge in [0, 0.05) is 29.7 Å². The van der Waals surface area contributed by atoms with Gasteiger partial charge in [0.05, 0.1) is 11.1 Å². The zero-order valence-electron chi connectivity index (χ0n) is 16.6. The van der Waals surface area contributed by atoms with E-state index >= 15 is 0 Å². The molecular formula is C22H22BrF3N2O3. The van der Waals surface area contributed by atoms with E-state index in [1.165, 1.54) is 22.2 Å². The molecule has 0 atom stereocenters. The summed E-state index contributed by atoms with van der Waals surface area (Å²) in [6, 6.07) is 16.8. The van der Waals surface area contributed by atoms with Gasteiger partial charge in [-0.3, -0.25) is 0 Å². The summed E-state index contributed by atoms with van der Waals surface area (Å²) in [5.74, 6) is -1.84. The average Bonchev–Trinajstić information content (AvgIpc) is 3.06. The van der Waals surface area contributed by atoms with Crippen LogP contribution in [0.3, 0.4) is 0 Å². The Labute approximate surface area is 185 Å². The van der Waals surface area contributed by atoms with Gasteiger partial charge in [0.1, 0.15) is 5.75 Å². The zero-order valence-corrected chi connectivity index (χ0v) is 18.2. The van der Waals surface area contributed by atoms with Gasteiger partial charge in [-0.1, -0.05) is 30.3 Å². The first-order chi connectivity index (χ1) is 14.8. The maximum Gasteiger partial charge on any atom is 0.490 e. The molecule has 0 saturated heterocycles. The molecule has 0 radical (unpaired) electrons. The van der Waals surface area contributed by atoms with E-state index in [0.717, 1.165) is 49.3 Å². The highest BCUT2D eigenvalue weighted by molar-refractivity contribution is 9.10. The Kier molecular flexibility index (Phi) is 7.61. The smallest absolute Gasteiger partial charge is 0.490 e. The first kappa shape index (κ1) is 23.1. The Morgan fingerprint density at radius 2 is 1.84 bits per heavy atom. The Morgan fingerprint density at radius 1 is 1.16 bits per heavy atom. The summed E-state index contributed by atoms with van der Waals surface area (Å²) >= 11 is 3.53. The van der Waals surface area contributed by atoms with E-state index in [-0.39, 0.29) is 0 Å². The molecule has 1 aromatic heterocycles. The largest absolute Gasteiger partial charge is 0.492 e. The number of alkyl halides is 3. The standard InChI is InChI=1S/C20H21BrN2O.C2HF3O2/c21-17-7-2-4-9-20(17)24-13-5-12-23-18-8-3-1-6-15(18)16-10-11-22-14-19(16)23;3-2(4,5)1(6)7/h1-4,6-9,22H,5,10-14H2;(H,6,7). The third-order valence-corrected chi connectivity index (χ3v) is 5.56. The van der Waals surface area contributed by atoms with Crippen LogP contribution in [-0.4, -0.2) is 35.0 Å². The lowest BCUT2D eigenvalue weighted by Gasteiger charge is -2.17. The molecule has 0 saturated carbocycles. The number of para-hydroxylation sites is 2. The number of fused-ring (bicyclic) bond motifs is 3. The number of ether oxygens (including phenoxy) is 1. The molecule has 0 unspecified atom stereocenters. The van der Waals surface area contributed by atoms with Crippen molar-refractivity contribution < 1.29 is 27.8 Å². The number of hydrogen-bond donors (Lipinski definition) is 2. The molecular weight excluding hydrogens is 477 g/mol. The fraction of sp³-hybridized carbons (Fsp3) is 0.318. The van der Waals surface area contributed by atoms with Gasteiger partial charge in [-0.2, -0.15) is 13.2 Å². The van der Waals surface area contributed by atoms with Crippen molar-refractivity contribution in [3.63, 3.8) is 0 Å². The van der Waals surface area contributed by atoms with Crippen LogP contribution in [-0.2, 0) is 24.3 Å². The third-order valence-electron chi connectivity index (χ3n) is 4.90. The molecule has 3 aromatic rings. The average molecular weight is 499 g/mol. The molecule has 1 aliphatic heterocycles. The SMILES string of the molecule is Brc1ccccc1OCCCn1c2c(c3ccccc31)CCNC2.O=C(O)C(F)(F)F. The number of benzene rings is 2. The fourth-order valence-corrected chi connectivity index (χ4v) is 3.95. The van der Waals surface area contributed by atoms with Gasteiger partial charge in [0.15, 0.2) is 0 Å². The number of carboxylic acid groups (broad SMARTS) is 1. The van der Waals surface area contributed by atoms with Crippen molar-refractivity contribution in [2.24, 2.45) is 0 Å². The maximum absolute atomic E-state index is 10.6. The van der Waals surface area contributed by atoms with Crippen LogP contribution in [0.25, 0.3) is 10.9 Å². The number of carbonyl (C=O) groups is 1. The summed E-state index contributed by atoms with van der Waals surface area (Å²) in [5, 5.41) is 12.1. The molecule has 31 heavy (non-hydrogen) atoms. The highest BCUT2D eigenvalue weighted by Crippen LogP contribution is 2.29. The van der Waals surface area contributed by atoms with Crippen molar-refractivity contribution in [1.82, 2.24) is 9.88 Å². The second-order valence-corrected chi connectivity index (χ2v) is 7.81. The molecule has 1 aliphatic rings. The van der Waals surface area contributed by atoms with E-state index in [4.69, 9.17) is 14.6 Å². The van der Waals surface area contributed by atoms with Gasteiger partial charge >= 0.3 is 12.1 Å². The molecule has 166 valence electrons. The van der Waals surface area contributed by atoms with E-state index < -0.39 is 12.1 Å². The minimum atomic E-state index is -5.08. The van der Waals surface area contributed by atoms with Crippen LogP contribution >= 0.6 is 15.9 Å².